The van der Waals surface area contributed by atoms with Gasteiger partial charge < -0.3 is 10.6 Å². The Kier molecular flexibility index (Phi) is 5.03. The zero-order valence-corrected chi connectivity index (χ0v) is 14.9. The van der Waals surface area contributed by atoms with E-state index in [2.05, 4.69) is 4.98 Å². The fourth-order valence-corrected chi connectivity index (χ4v) is 4.91. The third kappa shape index (κ3) is 3.51. The molecule has 0 spiro atoms. The zero-order valence-electron chi connectivity index (χ0n) is 14.1. The molecule has 0 radical (unpaired) electrons. The lowest BCUT2D eigenvalue weighted by Gasteiger charge is -2.28. The Hall–Kier alpha value is -2.03. The van der Waals surface area contributed by atoms with Crippen LogP contribution in [0.15, 0.2) is 41.6 Å². The highest BCUT2D eigenvalue weighted by molar-refractivity contribution is 7.89. The van der Waals surface area contributed by atoms with Gasteiger partial charge in [-0.1, -0.05) is 6.07 Å². The molecule has 1 aromatic carbocycles. The molecule has 2 aromatic rings. The standard InChI is InChI=1S/C17H22N4O3S/c1-13-12-20(17(22)10-18)7-2-8-21(13)25(23,24)16-4-3-15-11-19-6-5-14(15)9-16/h3-6,9,11,13H,2,7-8,10,12,18H2,1H3. The van der Waals surface area contributed by atoms with Crippen LogP contribution >= 0.6 is 0 Å². The summed E-state index contributed by atoms with van der Waals surface area (Å²) >= 11 is 0. The summed E-state index contributed by atoms with van der Waals surface area (Å²) in [5.74, 6) is -0.149. The van der Waals surface area contributed by atoms with Crippen LogP contribution in [0.5, 0.6) is 0 Å². The summed E-state index contributed by atoms with van der Waals surface area (Å²) in [4.78, 5) is 17.8. The maximum Gasteiger partial charge on any atom is 0.243 e. The number of nitrogens with two attached hydrogens (primary N) is 1. The topological polar surface area (TPSA) is 96.6 Å². The van der Waals surface area contributed by atoms with Crippen LogP contribution in [0.4, 0.5) is 0 Å². The summed E-state index contributed by atoms with van der Waals surface area (Å²) < 4.78 is 27.7. The van der Waals surface area contributed by atoms with Gasteiger partial charge in [-0.05, 0) is 36.9 Å². The molecule has 7 nitrogen and oxygen atoms in total. The van der Waals surface area contributed by atoms with Gasteiger partial charge in [0.05, 0.1) is 11.4 Å². The van der Waals surface area contributed by atoms with E-state index >= 15 is 0 Å². The number of benzene rings is 1. The maximum atomic E-state index is 13.1. The summed E-state index contributed by atoms with van der Waals surface area (Å²) in [5.41, 5.74) is 5.44. The second-order valence-electron chi connectivity index (χ2n) is 6.25. The highest BCUT2D eigenvalue weighted by atomic mass is 32.2. The molecule has 0 bridgehead atoms. The molecule has 1 aromatic heterocycles. The zero-order chi connectivity index (χ0) is 18.0. The molecule has 1 saturated heterocycles. The van der Waals surface area contributed by atoms with Gasteiger partial charge in [-0.15, -0.1) is 0 Å². The van der Waals surface area contributed by atoms with Crippen molar-refractivity contribution in [3.63, 3.8) is 0 Å². The third-order valence-electron chi connectivity index (χ3n) is 4.53. The molecule has 2 heterocycles. The molecular formula is C17H22N4O3S. The van der Waals surface area contributed by atoms with Crippen molar-refractivity contribution in [1.82, 2.24) is 14.2 Å². The first-order chi connectivity index (χ1) is 11.9. The van der Waals surface area contributed by atoms with Crippen molar-refractivity contribution in [2.24, 2.45) is 5.73 Å². The van der Waals surface area contributed by atoms with Crippen molar-refractivity contribution < 1.29 is 13.2 Å². The number of amides is 1. The Bertz CT molecular complexity index is 884. The summed E-state index contributed by atoms with van der Waals surface area (Å²) in [6, 6.07) is 6.53. The van der Waals surface area contributed by atoms with Gasteiger partial charge in [0.25, 0.3) is 0 Å². The number of nitrogens with zero attached hydrogens (tertiary/aromatic N) is 3. The summed E-state index contributed by atoms with van der Waals surface area (Å²) in [6.07, 6.45) is 3.94. The van der Waals surface area contributed by atoms with Gasteiger partial charge in [0.2, 0.25) is 15.9 Å². The van der Waals surface area contributed by atoms with E-state index in [1.165, 1.54) is 4.31 Å². The number of hydrogen-bond acceptors (Lipinski definition) is 5. The molecule has 1 amide bonds. The van der Waals surface area contributed by atoms with Gasteiger partial charge >= 0.3 is 0 Å². The summed E-state index contributed by atoms with van der Waals surface area (Å²) in [5, 5.41) is 1.73. The predicted octanol–water partition coefficient (Wildman–Crippen LogP) is 0.805. The minimum atomic E-state index is -3.64. The van der Waals surface area contributed by atoms with Crippen LogP contribution in [0.2, 0.25) is 0 Å². The molecule has 8 heteroatoms. The number of fused-ring (bicyclic) bond motifs is 1. The van der Waals surface area contributed by atoms with E-state index in [1.807, 2.05) is 6.92 Å². The molecule has 1 aliphatic heterocycles. The Morgan fingerprint density at radius 2 is 2.08 bits per heavy atom. The van der Waals surface area contributed by atoms with Gasteiger partial charge in [0.15, 0.2) is 0 Å². The lowest BCUT2D eigenvalue weighted by atomic mass is 10.2. The molecule has 0 saturated carbocycles. The number of pyridine rings is 1. The molecular weight excluding hydrogens is 340 g/mol. The molecule has 25 heavy (non-hydrogen) atoms. The van der Waals surface area contributed by atoms with Crippen molar-refractivity contribution in [2.45, 2.75) is 24.3 Å². The van der Waals surface area contributed by atoms with Crippen LogP contribution < -0.4 is 5.73 Å². The average Bonchev–Trinajstić information content (AvgIpc) is 2.82. The van der Waals surface area contributed by atoms with E-state index < -0.39 is 10.0 Å². The number of sulfonamides is 1. The van der Waals surface area contributed by atoms with Gasteiger partial charge in [-0.2, -0.15) is 4.31 Å². The first-order valence-corrected chi connectivity index (χ1v) is 9.71. The minimum Gasteiger partial charge on any atom is -0.340 e. The van der Waals surface area contributed by atoms with Crippen LogP contribution in [0.1, 0.15) is 13.3 Å². The molecule has 1 aliphatic rings. The van der Waals surface area contributed by atoms with E-state index in [-0.39, 0.29) is 23.4 Å². The van der Waals surface area contributed by atoms with Crippen molar-refractivity contribution >= 4 is 26.7 Å². The fraction of sp³-hybridized carbons (Fsp3) is 0.412. The molecule has 1 unspecified atom stereocenters. The normalized spacial score (nSPS) is 19.8. The lowest BCUT2D eigenvalue weighted by Crippen LogP contribution is -2.45. The van der Waals surface area contributed by atoms with Crippen LogP contribution in [0.25, 0.3) is 10.8 Å². The first kappa shape index (κ1) is 17.8. The molecule has 134 valence electrons. The number of hydrogen-bond donors (Lipinski definition) is 1. The number of carbonyl (C=O) groups excluding carboxylic acids is 1. The number of rotatable bonds is 3. The smallest absolute Gasteiger partial charge is 0.243 e. The highest BCUT2D eigenvalue weighted by Crippen LogP contribution is 2.24. The molecule has 1 atom stereocenters. The van der Waals surface area contributed by atoms with Crippen LogP contribution in [0, 0.1) is 0 Å². The Balaban J connectivity index is 1.91. The van der Waals surface area contributed by atoms with Crippen molar-refractivity contribution in [2.75, 3.05) is 26.2 Å². The van der Waals surface area contributed by atoms with E-state index in [0.717, 1.165) is 10.8 Å². The number of aromatic nitrogens is 1. The molecule has 0 aliphatic carbocycles. The first-order valence-electron chi connectivity index (χ1n) is 8.27. The molecule has 3 rings (SSSR count). The fourth-order valence-electron chi connectivity index (χ4n) is 3.21. The predicted molar refractivity (Wildman–Crippen MR) is 95.3 cm³/mol. The second-order valence-corrected chi connectivity index (χ2v) is 8.14. The van der Waals surface area contributed by atoms with Gasteiger partial charge in [0, 0.05) is 43.5 Å². The van der Waals surface area contributed by atoms with E-state index in [4.69, 9.17) is 5.73 Å². The van der Waals surface area contributed by atoms with E-state index in [9.17, 15) is 13.2 Å². The van der Waals surface area contributed by atoms with Crippen LogP contribution in [0.3, 0.4) is 0 Å². The van der Waals surface area contributed by atoms with Gasteiger partial charge in [-0.3, -0.25) is 9.78 Å². The second kappa shape index (κ2) is 7.07. The lowest BCUT2D eigenvalue weighted by molar-refractivity contribution is -0.129. The van der Waals surface area contributed by atoms with E-state index in [0.29, 0.717) is 26.1 Å². The Morgan fingerprint density at radius 3 is 2.84 bits per heavy atom. The summed E-state index contributed by atoms with van der Waals surface area (Å²) in [7, 11) is -3.64. The van der Waals surface area contributed by atoms with Crippen molar-refractivity contribution in [1.29, 1.82) is 0 Å². The van der Waals surface area contributed by atoms with Crippen LogP contribution in [-0.4, -0.2) is 60.7 Å². The molecule has 1 fully saturated rings. The largest absolute Gasteiger partial charge is 0.340 e. The SMILES string of the molecule is CC1CN(C(=O)CN)CCCN1S(=O)(=O)c1ccc2cnccc2c1. The van der Waals surface area contributed by atoms with E-state index in [1.54, 1.807) is 41.6 Å². The number of carbonyl (C=O) groups is 1. The van der Waals surface area contributed by atoms with Gasteiger partial charge in [-0.25, -0.2) is 8.42 Å². The summed E-state index contributed by atoms with van der Waals surface area (Å²) in [6.45, 7) is 3.03. The average molecular weight is 362 g/mol. The minimum absolute atomic E-state index is 0.0574. The Labute approximate surface area is 147 Å². The van der Waals surface area contributed by atoms with Crippen LogP contribution in [-0.2, 0) is 14.8 Å². The third-order valence-corrected chi connectivity index (χ3v) is 6.54. The highest BCUT2D eigenvalue weighted by Gasteiger charge is 2.33. The Morgan fingerprint density at radius 1 is 1.28 bits per heavy atom. The molecule has 2 N–H and O–H groups in total. The van der Waals surface area contributed by atoms with Crippen molar-refractivity contribution in [3.8, 4) is 0 Å². The van der Waals surface area contributed by atoms with Gasteiger partial charge in [0.1, 0.15) is 0 Å². The quantitative estimate of drug-likeness (QED) is 0.871. The maximum absolute atomic E-state index is 13.1. The van der Waals surface area contributed by atoms with Crippen molar-refractivity contribution in [3.05, 3.63) is 36.7 Å². The monoisotopic (exact) mass is 362 g/mol.